The van der Waals surface area contributed by atoms with E-state index in [9.17, 15) is 9.18 Å². The van der Waals surface area contributed by atoms with Crippen LogP contribution in [0.25, 0.3) is 11.3 Å². The highest BCUT2D eigenvalue weighted by Gasteiger charge is 2.14. The first-order chi connectivity index (χ1) is 8.97. The summed E-state index contributed by atoms with van der Waals surface area (Å²) in [5.74, 6) is -1.07. The summed E-state index contributed by atoms with van der Waals surface area (Å²) in [5, 5.41) is 13.2. The highest BCUT2D eigenvalue weighted by atomic mass is 19.1. The average molecular weight is 262 g/mol. The molecule has 0 aliphatic carbocycles. The van der Waals surface area contributed by atoms with Gasteiger partial charge in [-0.15, -0.1) is 0 Å². The summed E-state index contributed by atoms with van der Waals surface area (Å²) in [7, 11) is 0. The van der Waals surface area contributed by atoms with E-state index in [0.717, 1.165) is 11.3 Å². The van der Waals surface area contributed by atoms with Crippen molar-refractivity contribution in [1.29, 1.82) is 0 Å². The molecule has 1 heterocycles. The fraction of sp³-hybridized carbons (Fsp3) is 0.286. The largest absolute Gasteiger partial charge is 0.480 e. The molecule has 4 nitrogen and oxygen atoms in total. The van der Waals surface area contributed by atoms with Gasteiger partial charge in [-0.05, 0) is 36.2 Å². The minimum absolute atomic E-state index is 0.168. The predicted octanol–water partition coefficient (Wildman–Crippen LogP) is 2.90. The van der Waals surface area contributed by atoms with Gasteiger partial charge in [0.2, 0.25) is 0 Å². The third kappa shape index (κ3) is 2.99. The lowest BCUT2D eigenvalue weighted by atomic mass is 10.1. The highest BCUT2D eigenvalue weighted by Crippen LogP contribution is 2.23. The van der Waals surface area contributed by atoms with Crippen LogP contribution in [0.4, 0.5) is 4.39 Å². The number of carboxylic acids is 1. The molecule has 0 aliphatic rings. The van der Waals surface area contributed by atoms with Crippen LogP contribution in [-0.2, 0) is 11.3 Å². The number of aromatic nitrogens is 2. The van der Waals surface area contributed by atoms with E-state index in [1.807, 2.05) is 19.9 Å². The summed E-state index contributed by atoms with van der Waals surface area (Å²) < 4.78 is 14.4. The van der Waals surface area contributed by atoms with Crippen molar-refractivity contribution in [1.82, 2.24) is 9.78 Å². The Kier molecular flexibility index (Phi) is 3.64. The van der Waals surface area contributed by atoms with E-state index in [1.165, 1.54) is 16.8 Å². The van der Waals surface area contributed by atoms with Crippen LogP contribution in [0.1, 0.15) is 25.5 Å². The Balaban J connectivity index is 2.42. The van der Waals surface area contributed by atoms with Gasteiger partial charge in [-0.2, -0.15) is 5.10 Å². The number of carboxylic acid groups (broad SMARTS) is 1. The van der Waals surface area contributed by atoms with Gasteiger partial charge in [-0.25, -0.2) is 4.39 Å². The van der Waals surface area contributed by atoms with Gasteiger partial charge in [0.05, 0.1) is 5.69 Å². The molecule has 0 radical (unpaired) electrons. The molecule has 100 valence electrons. The molecule has 0 bridgehead atoms. The van der Waals surface area contributed by atoms with Crippen LogP contribution in [0.3, 0.4) is 0 Å². The van der Waals surface area contributed by atoms with Crippen molar-refractivity contribution in [2.45, 2.75) is 26.3 Å². The number of carbonyl (C=O) groups is 1. The van der Waals surface area contributed by atoms with Crippen LogP contribution in [0.2, 0.25) is 0 Å². The van der Waals surface area contributed by atoms with Crippen molar-refractivity contribution >= 4 is 5.97 Å². The Bertz CT molecular complexity index is 588. The molecule has 2 rings (SSSR count). The number of rotatable bonds is 4. The van der Waals surface area contributed by atoms with Crippen LogP contribution in [0.15, 0.2) is 30.3 Å². The Morgan fingerprint density at radius 3 is 2.53 bits per heavy atom. The van der Waals surface area contributed by atoms with Gasteiger partial charge in [0.15, 0.2) is 0 Å². The van der Waals surface area contributed by atoms with E-state index in [-0.39, 0.29) is 18.3 Å². The first kappa shape index (κ1) is 13.3. The van der Waals surface area contributed by atoms with Crippen molar-refractivity contribution in [3.63, 3.8) is 0 Å². The zero-order valence-electron chi connectivity index (χ0n) is 10.8. The summed E-state index contributed by atoms with van der Waals surface area (Å²) in [6, 6.07) is 7.84. The predicted molar refractivity (Wildman–Crippen MR) is 69.3 cm³/mol. The second-order valence-electron chi connectivity index (χ2n) is 4.67. The molecule has 1 aromatic carbocycles. The maximum absolute atomic E-state index is 12.9. The second kappa shape index (κ2) is 5.22. The van der Waals surface area contributed by atoms with Gasteiger partial charge < -0.3 is 5.11 Å². The normalized spacial score (nSPS) is 10.9. The van der Waals surface area contributed by atoms with Gasteiger partial charge in [0, 0.05) is 11.3 Å². The van der Waals surface area contributed by atoms with Crippen LogP contribution >= 0.6 is 0 Å². The van der Waals surface area contributed by atoms with Crippen LogP contribution in [-0.4, -0.2) is 20.9 Å². The number of halogens is 1. The molecule has 0 fully saturated rings. The molecule has 0 atom stereocenters. The van der Waals surface area contributed by atoms with E-state index in [2.05, 4.69) is 5.10 Å². The molecule has 1 N–H and O–H groups in total. The van der Waals surface area contributed by atoms with Crippen LogP contribution in [0, 0.1) is 5.82 Å². The molecule has 5 heteroatoms. The van der Waals surface area contributed by atoms with E-state index < -0.39 is 5.97 Å². The van der Waals surface area contributed by atoms with E-state index in [1.54, 1.807) is 12.1 Å². The third-order valence-electron chi connectivity index (χ3n) is 2.83. The number of nitrogens with zero attached hydrogens (tertiary/aromatic N) is 2. The topological polar surface area (TPSA) is 55.1 Å². The van der Waals surface area contributed by atoms with Gasteiger partial charge in [-0.1, -0.05) is 13.8 Å². The Labute approximate surface area is 110 Å². The first-order valence-corrected chi connectivity index (χ1v) is 6.03. The standard InChI is InChI=1S/C14H15FN2O2/c1-9(2)13-7-12(16-17(13)8-14(18)19)10-3-5-11(15)6-4-10/h3-7,9H,8H2,1-2H3,(H,18,19). The molecule has 0 saturated heterocycles. The smallest absolute Gasteiger partial charge is 0.325 e. The molecule has 0 unspecified atom stereocenters. The number of aliphatic carboxylic acids is 1. The lowest BCUT2D eigenvalue weighted by molar-refractivity contribution is -0.137. The molecule has 1 aromatic heterocycles. The summed E-state index contributed by atoms with van der Waals surface area (Å²) in [6.07, 6.45) is 0. The monoisotopic (exact) mass is 262 g/mol. The fourth-order valence-corrected chi connectivity index (χ4v) is 1.91. The maximum atomic E-state index is 12.9. The molecule has 0 aliphatic heterocycles. The van der Waals surface area contributed by atoms with Crippen molar-refractivity contribution in [2.75, 3.05) is 0 Å². The molecule has 2 aromatic rings. The van der Waals surface area contributed by atoms with Crippen molar-refractivity contribution in [3.8, 4) is 11.3 Å². The highest BCUT2D eigenvalue weighted by molar-refractivity contribution is 5.67. The molecule has 0 saturated carbocycles. The summed E-state index contributed by atoms with van der Waals surface area (Å²) >= 11 is 0. The molecule has 19 heavy (non-hydrogen) atoms. The van der Waals surface area contributed by atoms with E-state index in [4.69, 9.17) is 5.11 Å². The zero-order chi connectivity index (χ0) is 14.0. The van der Waals surface area contributed by atoms with E-state index >= 15 is 0 Å². The van der Waals surface area contributed by atoms with Crippen molar-refractivity contribution in [2.24, 2.45) is 0 Å². The summed E-state index contributed by atoms with van der Waals surface area (Å²) in [4.78, 5) is 10.8. The molecule has 0 amide bonds. The second-order valence-corrected chi connectivity index (χ2v) is 4.67. The maximum Gasteiger partial charge on any atom is 0.325 e. The average Bonchev–Trinajstić information content (AvgIpc) is 2.73. The third-order valence-corrected chi connectivity index (χ3v) is 2.83. The lowest BCUT2D eigenvalue weighted by Crippen LogP contribution is -2.13. The van der Waals surface area contributed by atoms with Gasteiger partial charge in [0.25, 0.3) is 0 Å². The molecular weight excluding hydrogens is 247 g/mol. The summed E-state index contributed by atoms with van der Waals surface area (Å²) in [5.41, 5.74) is 2.28. The summed E-state index contributed by atoms with van der Waals surface area (Å²) in [6.45, 7) is 3.78. The van der Waals surface area contributed by atoms with Crippen LogP contribution < -0.4 is 0 Å². The number of hydrogen-bond acceptors (Lipinski definition) is 2. The van der Waals surface area contributed by atoms with Gasteiger partial charge in [0.1, 0.15) is 12.4 Å². The Hall–Kier alpha value is -2.17. The van der Waals surface area contributed by atoms with E-state index in [0.29, 0.717) is 5.69 Å². The quantitative estimate of drug-likeness (QED) is 0.921. The van der Waals surface area contributed by atoms with Crippen LogP contribution in [0.5, 0.6) is 0 Å². The minimum Gasteiger partial charge on any atom is -0.480 e. The molecule has 0 spiro atoms. The zero-order valence-corrected chi connectivity index (χ0v) is 10.8. The molecular formula is C14H15FN2O2. The minimum atomic E-state index is -0.935. The fourth-order valence-electron chi connectivity index (χ4n) is 1.91. The Morgan fingerprint density at radius 2 is 2.00 bits per heavy atom. The first-order valence-electron chi connectivity index (χ1n) is 6.03. The van der Waals surface area contributed by atoms with Crippen molar-refractivity contribution < 1.29 is 14.3 Å². The van der Waals surface area contributed by atoms with Gasteiger partial charge in [-0.3, -0.25) is 9.48 Å². The number of benzene rings is 1. The SMILES string of the molecule is CC(C)c1cc(-c2ccc(F)cc2)nn1CC(=O)O. The lowest BCUT2D eigenvalue weighted by Gasteiger charge is -2.06. The van der Waals surface area contributed by atoms with Crippen molar-refractivity contribution in [3.05, 3.63) is 41.8 Å². The van der Waals surface area contributed by atoms with Gasteiger partial charge >= 0.3 is 5.97 Å². The number of hydrogen-bond donors (Lipinski definition) is 1. The Morgan fingerprint density at radius 1 is 1.37 bits per heavy atom.